The SMILES string of the molecule is C=C(COc1ccc2nc3c(c(CNC(=O)CNC(=O)OC(C)(C)C)c2c1)Cn1c-3cc2c(c1=O)COC(=O)C2O)C(=O)OC(C)(C)C.CC. The second-order valence-corrected chi connectivity index (χ2v) is 13.5. The molecule has 0 saturated carbocycles. The van der Waals surface area contributed by atoms with Crippen molar-refractivity contribution in [2.75, 3.05) is 13.2 Å². The van der Waals surface area contributed by atoms with Gasteiger partial charge in [-0.25, -0.2) is 19.4 Å². The van der Waals surface area contributed by atoms with Gasteiger partial charge in [0, 0.05) is 23.1 Å². The number of carbonyl (C=O) groups is 4. The van der Waals surface area contributed by atoms with Crippen LogP contribution in [-0.4, -0.2) is 63.0 Å². The van der Waals surface area contributed by atoms with E-state index >= 15 is 0 Å². The number of hydrogen-bond donors (Lipinski definition) is 3. The molecule has 0 radical (unpaired) electrons. The fraction of sp³-hybridized carbons (Fsp3) is 0.444. The van der Waals surface area contributed by atoms with Crippen LogP contribution in [0.15, 0.2) is 41.2 Å². The number of carbonyl (C=O) groups excluding carboxylic acids is 4. The molecular formula is C36H44N4O10. The second kappa shape index (κ2) is 14.7. The number of hydrogen-bond acceptors (Lipinski definition) is 11. The summed E-state index contributed by atoms with van der Waals surface area (Å²) in [6, 6.07) is 6.63. The molecule has 5 rings (SSSR count). The Labute approximate surface area is 289 Å². The van der Waals surface area contributed by atoms with Gasteiger partial charge in [0.25, 0.3) is 5.56 Å². The Morgan fingerprint density at radius 2 is 1.70 bits per heavy atom. The molecular weight excluding hydrogens is 648 g/mol. The number of esters is 2. The maximum absolute atomic E-state index is 13.5. The van der Waals surface area contributed by atoms with E-state index in [1.165, 1.54) is 4.57 Å². The van der Waals surface area contributed by atoms with Gasteiger partial charge in [0.15, 0.2) is 6.10 Å². The number of aliphatic hydroxyl groups is 1. The quantitative estimate of drug-likeness (QED) is 0.138. The summed E-state index contributed by atoms with van der Waals surface area (Å²) in [7, 11) is 0. The van der Waals surface area contributed by atoms with E-state index in [-0.39, 0.29) is 49.5 Å². The van der Waals surface area contributed by atoms with E-state index in [2.05, 4.69) is 17.2 Å². The number of cyclic esters (lactones) is 1. The number of fused-ring (bicyclic) bond motifs is 5. The van der Waals surface area contributed by atoms with E-state index in [9.17, 15) is 29.1 Å². The number of amides is 2. The number of nitrogens with one attached hydrogen (secondary N) is 2. The Kier molecular flexibility index (Phi) is 11.1. The first kappa shape index (κ1) is 37.6. The fourth-order valence-electron chi connectivity index (χ4n) is 5.28. The number of alkyl carbamates (subject to hydrolysis) is 1. The van der Waals surface area contributed by atoms with Crippen molar-refractivity contribution >= 4 is 34.8 Å². The molecule has 1 atom stereocenters. The summed E-state index contributed by atoms with van der Waals surface area (Å²) in [6.07, 6.45) is -2.35. The van der Waals surface area contributed by atoms with Crippen molar-refractivity contribution in [3.8, 4) is 17.1 Å². The lowest BCUT2D eigenvalue weighted by Gasteiger charge is -2.21. The molecule has 0 spiro atoms. The number of nitrogens with zero attached hydrogens (tertiary/aromatic N) is 2. The van der Waals surface area contributed by atoms with E-state index in [4.69, 9.17) is 23.9 Å². The predicted octanol–water partition coefficient (Wildman–Crippen LogP) is 3.96. The molecule has 1 aromatic carbocycles. The zero-order valence-electron chi connectivity index (χ0n) is 29.6. The molecule has 0 fully saturated rings. The second-order valence-electron chi connectivity index (χ2n) is 13.5. The maximum atomic E-state index is 13.5. The lowest BCUT2D eigenvalue weighted by Crippen LogP contribution is -2.39. The standard InChI is InChI=1S/C34H38N4O10.C2H6/c1-17(30(42)47-33(2,3)4)15-45-18-8-9-24-19(10-18)21(12-35-26(39)13-36-32(44)48-34(5,6)7)22-14-38-25(27(22)37-24)11-20-23(29(38)41)16-46-31(43)28(20)40;1-2/h8-11,28,40H,1,12-16H2,2-7H3,(H,35,39)(H,36,44);1-2H3. The molecule has 3 aromatic rings. The molecule has 1 unspecified atom stereocenters. The maximum Gasteiger partial charge on any atom is 0.408 e. The van der Waals surface area contributed by atoms with E-state index in [1.807, 2.05) is 13.8 Å². The van der Waals surface area contributed by atoms with Crippen LogP contribution < -0.4 is 20.9 Å². The van der Waals surface area contributed by atoms with Crippen molar-refractivity contribution < 1.29 is 43.2 Å². The largest absolute Gasteiger partial charge is 0.489 e. The summed E-state index contributed by atoms with van der Waals surface area (Å²) >= 11 is 0. The third kappa shape index (κ3) is 8.48. The van der Waals surface area contributed by atoms with Gasteiger partial charge in [0.05, 0.1) is 34.6 Å². The minimum Gasteiger partial charge on any atom is -0.489 e. The minimum absolute atomic E-state index is 0.0169. The molecule has 3 N–H and O–H groups in total. The Hall–Kier alpha value is -5.24. The predicted molar refractivity (Wildman–Crippen MR) is 183 cm³/mol. The van der Waals surface area contributed by atoms with Crippen molar-refractivity contribution in [2.45, 2.75) is 92.4 Å². The summed E-state index contributed by atoms with van der Waals surface area (Å²) in [4.78, 5) is 67.7. The van der Waals surface area contributed by atoms with Crippen LogP contribution in [0.2, 0.25) is 0 Å². The van der Waals surface area contributed by atoms with Crippen molar-refractivity contribution in [2.24, 2.45) is 0 Å². The van der Waals surface area contributed by atoms with Crippen molar-refractivity contribution in [3.05, 3.63) is 69.0 Å². The average molecular weight is 693 g/mol. The topological polar surface area (TPSA) is 184 Å². The van der Waals surface area contributed by atoms with Crippen molar-refractivity contribution in [3.63, 3.8) is 0 Å². The highest BCUT2D eigenvalue weighted by Gasteiger charge is 2.35. The van der Waals surface area contributed by atoms with Gasteiger partial charge in [-0.05, 0) is 71.4 Å². The monoisotopic (exact) mass is 692 g/mol. The first-order valence-electron chi connectivity index (χ1n) is 16.3. The minimum atomic E-state index is -1.61. The van der Waals surface area contributed by atoms with Gasteiger partial charge in [0.2, 0.25) is 5.91 Å². The van der Waals surface area contributed by atoms with Gasteiger partial charge >= 0.3 is 18.0 Å². The van der Waals surface area contributed by atoms with Crippen LogP contribution in [0.4, 0.5) is 4.79 Å². The third-order valence-electron chi connectivity index (χ3n) is 7.40. The molecule has 0 aliphatic carbocycles. The number of benzene rings is 1. The molecule has 2 aliphatic rings. The summed E-state index contributed by atoms with van der Waals surface area (Å²) in [5.41, 5.74) is 1.17. The van der Waals surface area contributed by atoms with Gasteiger partial charge in [0.1, 0.15) is 36.7 Å². The Morgan fingerprint density at radius 3 is 2.36 bits per heavy atom. The molecule has 50 heavy (non-hydrogen) atoms. The average Bonchev–Trinajstić information content (AvgIpc) is 3.40. The van der Waals surface area contributed by atoms with Crippen LogP contribution in [0, 0.1) is 0 Å². The van der Waals surface area contributed by atoms with E-state index in [1.54, 1.807) is 65.8 Å². The molecule has 0 bridgehead atoms. The van der Waals surface area contributed by atoms with Crippen molar-refractivity contribution in [1.82, 2.24) is 20.2 Å². The van der Waals surface area contributed by atoms with Crippen LogP contribution in [0.5, 0.6) is 5.75 Å². The molecule has 2 aliphatic heterocycles. The van der Waals surface area contributed by atoms with Crippen LogP contribution >= 0.6 is 0 Å². The van der Waals surface area contributed by atoms with Gasteiger partial charge in [-0.1, -0.05) is 20.4 Å². The molecule has 2 amide bonds. The van der Waals surface area contributed by atoms with E-state index < -0.39 is 46.8 Å². The lowest BCUT2D eigenvalue weighted by molar-refractivity contribution is -0.157. The smallest absolute Gasteiger partial charge is 0.408 e. The van der Waals surface area contributed by atoms with Gasteiger partial charge < -0.3 is 39.3 Å². The Balaban J connectivity index is 0.00000276. The van der Waals surface area contributed by atoms with Crippen molar-refractivity contribution in [1.29, 1.82) is 0 Å². The molecule has 268 valence electrons. The first-order chi connectivity index (χ1) is 23.4. The molecule has 14 nitrogen and oxygen atoms in total. The molecule has 14 heteroatoms. The zero-order chi connectivity index (χ0) is 37.1. The van der Waals surface area contributed by atoms with Crippen LogP contribution in [0.25, 0.3) is 22.3 Å². The first-order valence-corrected chi connectivity index (χ1v) is 16.3. The number of aliphatic hydroxyl groups excluding tert-OH is 1. The fourth-order valence-corrected chi connectivity index (χ4v) is 5.28. The highest BCUT2D eigenvalue weighted by Crippen LogP contribution is 2.38. The van der Waals surface area contributed by atoms with Gasteiger partial charge in [-0.15, -0.1) is 0 Å². The summed E-state index contributed by atoms with van der Waals surface area (Å²) in [6.45, 7) is 17.5. The summed E-state index contributed by atoms with van der Waals surface area (Å²) in [5, 5.41) is 16.3. The van der Waals surface area contributed by atoms with Crippen LogP contribution in [-0.2, 0) is 48.3 Å². The zero-order valence-corrected chi connectivity index (χ0v) is 29.6. The molecule has 2 aromatic heterocycles. The number of rotatable bonds is 8. The van der Waals surface area contributed by atoms with Gasteiger partial charge in [-0.3, -0.25) is 9.59 Å². The van der Waals surface area contributed by atoms with Gasteiger partial charge in [-0.2, -0.15) is 0 Å². The molecule has 0 saturated heterocycles. The van der Waals surface area contributed by atoms with Crippen LogP contribution in [0.3, 0.4) is 0 Å². The highest BCUT2D eigenvalue weighted by molar-refractivity contribution is 5.91. The summed E-state index contributed by atoms with van der Waals surface area (Å²) < 4.78 is 22.9. The summed E-state index contributed by atoms with van der Waals surface area (Å²) in [5.74, 6) is -1.55. The highest BCUT2D eigenvalue weighted by atomic mass is 16.6. The van der Waals surface area contributed by atoms with E-state index in [0.717, 1.165) is 0 Å². The number of aromatic nitrogens is 2. The Morgan fingerprint density at radius 1 is 1.02 bits per heavy atom. The third-order valence-corrected chi connectivity index (χ3v) is 7.40. The van der Waals surface area contributed by atoms with Crippen LogP contribution in [0.1, 0.15) is 83.7 Å². The lowest BCUT2D eigenvalue weighted by atomic mass is 9.98. The Bertz CT molecular complexity index is 1920. The number of pyridine rings is 2. The number of ether oxygens (including phenoxy) is 4. The molecule has 4 heterocycles. The van der Waals surface area contributed by atoms with E-state index in [0.29, 0.717) is 39.2 Å². The normalized spacial score (nSPS) is 14.6.